The van der Waals surface area contributed by atoms with Gasteiger partial charge in [-0.1, -0.05) is 176 Å². The maximum atomic E-state index is 6.81. The molecule has 0 bridgehead atoms. The maximum absolute atomic E-state index is 6.81. The number of hydrogen-bond acceptors (Lipinski definition) is 5. The van der Waals surface area contributed by atoms with Crippen LogP contribution in [0.2, 0.25) is 0 Å². The molecule has 0 saturated carbocycles. The molecule has 14 aromatic rings. The Morgan fingerprint density at radius 2 is 0.870 bits per heavy atom. The SMILES string of the molecule is c1ccc(-c2ccc(-c3nc(-c4ccccc4)nc(-c4cccc5oc6c(-c7ccc8c(c7)oc7ccc(-n9c%10ccccc%10c%10cc(-c%11ccccc%11)ccc%109)cc78)cccc6c45)n3)cc2)cc1. The van der Waals surface area contributed by atoms with E-state index < -0.39 is 0 Å². The number of rotatable bonds is 7. The van der Waals surface area contributed by atoms with E-state index in [-0.39, 0.29) is 0 Å². The van der Waals surface area contributed by atoms with Crippen LogP contribution in [0.15, 0.2) is 239 Å². The first-order chi connectivity index (χ1) is 34.2. The third-order valence-electron chi connectivity index (χ3n) is 13.5. The van der Waals surface area contributed by atoms with Gasteiger partial charge in [0.2, 0.25) is 0 Å². The minimum absolute atomic E-state index is 0.575. The van der Waals surface area contributed by atoms with Crippen LogP contribution in [0.5, 0.6) is 0 Å². The molecule has 0 atom stereocenters. The van der Waals surface area contributed by atoms with E-state index in [9.17, 15) is 0 Å². The standard InChI is InChI=1S/C63H38N4O2/c1-4-14-39(15-5-1)41-26-28-43(29-27-41)62-64-61(42-18-8-3-9-19-42)65-63(66-62)51-23-13-25-57-59(51)50-22-12-21-47(60(50)69-57)45-30-33-49-53-38-46(32-35-56(53)68-58(49)37-45)67-54-24-11-10-20-48(54)52-36-44(31-34-55(52)67)40-16-6-2-7-17-40/h1-38H. The molecule has 0 aliphatic heterocycles. The van der Waals surface area contributed by atoms with Crippen molar-refractivity contribution in [3.8, 4) is 73.2 Å². The number of benzene rings is 10. The topological polar surface area (TPSA) is 69.9 Å². The highest BCUT2D eigenvalue weighted by Crippen LogP contribution is 2.43. The van der Waals surface area contributed by atoms with Gasteiger partial charge in [-0.3, -0.25) is 0 Å². The molecule has 0 amide bonds. The third kappa shape index (κ3) is 6.45. The Balaban J connectivity index is 0.864. The Morgan fingerprint density at radius 3 is 1.65 bits per heavy atom. The van der Waals surface area contributed by atoms with E-state index in [1.165, 1.54) is 21.9 Å². The van der Waals surface area contributed by atoms with E-state index >= 15 is 0 Å². The summed E-state index contributed by atoms with van der Waals surface area (Å²) in [6.45, 7) is 0. The fourth-order valence-electron chi connectivity index (χ4n) is 10.2. The van der Waals surface area contributed by atoms with Crippen molar-refractivity contribution in [2.24, 2.45) is 0 Å². The molecule has 0 N–H and O–H groups in total. The Labute approximate surface area is 396 Å². The smallest absolute Gasteiger partial charge is 0.164 e. The average Bonchev–Trinajstić information content (AvgIpc) is 4.10. The highest BCUT2D eigenvalue weighted by molar-refractivity contribution is 6.16. The zero-order valence-electron chi connectivity index (χ0n) is 37.0. The van der Waals surface area contributed by atoms with Gasteiger partial charge in [0, 0.05) is 60.3 Å². The van der Waals surface area contributed by atoms with Crippen molar-refractivity contribution in [2.75, 3.05) is 0 Å². The summed E-state index contributed by atoms with van der Waals surface area (Å²) < 4.78 is 15.8. The zero-order chi connectivity index (χ0) is 45.4. The zero-order valence-corrected chi connectivity index (χ0v) is 37.0. The van der Waals surface area contributed by atoms with Gasteiger partial charge in [0.05, 0.1) is 11.0 Å². The van der Waals surface area contributed by atoms with Crippen LogP contribution < -0.4 is 0 Å². The summed E-state index contributed by atoms with van der Waals surface area (Å²) in [5, 5.41) is 6.48. The van der Waals surface area contributed by atoms with Gasteiger partial charge in [-0.05, 0) is 82.4 Å². The molecule has 0 radical (unpaired) electrons. The predicted molar refractivity (Wildman–Crippen MR) is 281 cm³/mol. The molecule has 0 fully saturated rings. The van der Waals surface area contributed by atoms with Crippen LogP contribution in [0.1, 0.15) is 0 Å². The number of furan rings is 2. The van der Waals surface area contributed by atoms with Crippen LogP contribution in [0, 0.1) is 0 Å². The van der Waals surface area contributed by atoms with Gasteiger partial charge in [0.15, 0.2) is 17.5 Å². The second-order valence-electron chi connectivity index (χ2n) is 17.5. The van der Waals surface area contributed by atoms with Crippen LogP contribution in [-0.2, 0) is 0 Å². The van der Waals surface area contributed by atoms with E-state index in [0.29, 0.717) is 17.5 Å². The second kappa shape index (κ2) is 15.6. The molecule has 6 heteroatoms. The van der Waals surface area contributed by atoms with Gasteiger partial charge in [-0.25, -0.2) is 15.0 Å². The summed E-state index contributed by atoms with van der Waals surface area (Å²) in [6, 6.07) is 80.3. The Bertz CT molecular complexity index is 4290. The fraction of sp³-hybridized carbons (Fsp3) is 0. The average molecular weight is 883 g/mol. The highest BCUT2D eigenvalue weighted by atomic mass is 16.3. The molecular weight excluding hydrogens is 845 g/mol. The largest absolute Gasteiger partial charge is 0.456 e. The number of fused-ring (bicyclic) bond motifs is 9. The van der Waals surface area contributed by atoms with Gasteiger partial charge in [0.25, 0.3) is 0 Å². The summed E-state index contributed by atoms with van der Waals surface area (Å²) in [5.41, 5.74) is 15.9. The molecule has 6 nitrogen and oxygen atoms in total. The van der Waals surface area contributed by atoms with Gasteiger partial charge in [-0.15, -0.1) is 0 Å². The van der Waals surface area contributed by atoms with Crippen LogP contribution in [0.4, 0.5) is 0 Å². The molecule has 4 heterocycles. The van der Waals surface area contributed by atoms with Crippen LogP contribution in [0.3, 0.4) is 0 Å². The minimum atomic E-state index is 0.575. The molecule has 0 aliphatic carbocycles. The highest BCUT2D eigenvalue weighted by Gasteiger charge is 2.21. The van der Waals surface area contributed by atoms with Crippen molar-refractivity contribution in [3.63, 3.8) is 0 Å². The van der Waals surface area contributed by atoms with Gasteiger partial charge in [0.1, 0.15) is 22.3 Å². The van der Waals surface area contributed by atoms with Crippen molar-refractivity contribution in [1.29, 1.82) is 0 Å². The molecular formula is C63H38N4O2. The molecule has 0 spiro atoms. The van der Waals surface area contributed by atoms with Crippen molar-refractivity contribution in [1.82, 2.24) is 19.5 Å². The molecule has 0 unspecified atom stereocenters. The summed E-state index contributed by atoms with van der Waals surface area (Å²) in [6.07, 6.45) is 0. The molecule has 10 aromatic carbocycles. The van der Waals surface area contributed by atoms with E-state index in [0.717, 1.165) is 99.5 Å². The van der Waals surface area contributed by atoms with Crippen LogP contribution >= 0.6 is 0 Å². The lowest BCUT2D eigenvalue weighted by atomic mass is 9.99. The maximum Gasteiger partial charge on any atom is 0.164 e. The number of aromatic nitrogens is 4. The van der Waals surface area contributed by atoms with Crippen LogP contribution in [-0.4, -0.2) is 19.5 Å². The van der Waals surface area contributed by atoms with Gasteiger partial charge >= 0.3 is 0 Å². The molecule has 322 valence electrons. The Hall–Kier alpha value is -9.39. The lowest BCUT2D eigenvalue weighted by Gasteiger charge is -2.10. The minimum Gasteiger partial charge on any atom is -0.456 e. The first-order valence-corrected chi connectivity index (χ1v) is 23.2. The van der Waals surface area contributed by atoms with Crippen molar-refractivity contribution >= 4 is 65.7 Å². The molecule has 0 aliphatic rings. The first-order valence-electron chi connectivity index (χ1n) is 23.2. The molecule has 69 heavy (non-hydrogen) atoms. The van der Waals surface area contributed by atoms with Crippen molar-refractivity contribution in [2.45, 2.75) is 0 Å². The quantitative estimate of drug-likeness (QED) is 0.159. The van der Waals surface area contributed by atoms with Crippen molar-refractivity contribution in [3.05, 3.63) is 231 Å². The number of nitrogens with zero attached hydrogens (tertiary/aromatic N) is 4. The van der Waals surface area contributed by atoms with E-state index in [1.807, 2.05) is 48.5 Å². The van der Waals surface area contributed by atoms with E-state index in [2.05, 4.69) is 187 Å². The van der Waals surface area contributed by atoms with Crippen molar-refractivity contribution < 1.29 is 8.83 Å². The molecule has 0 saturated heterocycles. The normalized spacial score (nSPS) is 11.8. The fourth-order valence-corrected chi connectivity index (χ4v) is 10.2. The van der Waals surface area contributed by atoms with Crippen LogP contribution in [0.25, 0.3) is 139 Å². The monoisotopic (exact) mass is 882 g/mol. The summed E-state index contributed by atoms with van der Waals surface area (Å²) in [7, 11) is 0. The first kappa shape index (κ1) is 38.8. The Kier molecular flexibility index (Phi) is 8.79. The third-order valence-corrected chi connectivity index (χ3v) is 13.5. The lowest BCUT2D eigenvalue weighted by molar-refractivity contribution is 0.668. The van der Waals surface area contributed by atoms with E-state index in [4.69, 9.17) is 23.8 Å². The predicted octanol–water partition coefficient (Wildman–Crippen LogP) is 16.8. The summed E-state index contributed by atoms with van der Waals surface area (Å²) in [4.78, 5) is 15.3. The van der Waals surface area contributed by atoms with Gasteiger partial charge < -0.3 is 13.4 Å². The number of para-hydroxylation sites is 2. The number of hydrogen-bond donors (Lipinski definition) is 0. The molecule has 4 aromatic heterocycles. The Morgan fingerprint density at radius 1 is 0.290 bits per heavy atom. The van der Waals surface area contributed by atoms with Gasteiger partial charge in [-0.2, -0.15) is 0 Å². The second-order valence-corrected chi connectivity index (χ2v) is 17.5. The molecule has 14 rings (SSSR count). The lowest BCUT2D eigenvalue weighted by Crippen LogP contribution is -2.00. The summed E-state index contributed by atoms with van der Waals surface area (Å²) in [5.74, 6) is 1.78. The van der Waals surface area contributed by atoms with E-state index in [1.54, 1.807) is 0 Å². The summed E-state index contributed by atoms with van der Waals surface area (Å²) >= 11 is 0.